The lowest BCUT2D eigenvalue weighted by Crippen LogP contribution is -2.10. The van der Waals surface area contributed by atoms with Crippen molar-refractivity contribution in [3.63, 3.8) is 0 Å². The van der Waals surface area contributed by atoms with E-state index in [1.54, 1.807) is 30.3 Å². The van der Waals surface area contributed by atoms with Gasteiger partial charge in [0.1, 0.15) is 14.6 Å². The van der Waals surface area contributed by atoms with Gasteiger partial charge in [0, 0.05) is 22.7 Å². The summed E-state index contributed by atoms with van der Waals surface area (Å²) in [6.07, 6.45) is 0. The lowest BCUT2D eigenvalue weighted by Gasteiger charge is -2.07. The van der Waals surface area contributed by atoms with Gasteiger partial charge >= 0.3 is 0 Å². The van der Waals surface area contributed by atoms with Crippen LogP contribution in [0.15, 0.2) is 60.7 Å². The molecule has 0 unspecified atom stereocenters. The van der Waals surface area contributed by atoms with Gasteiger partial charge < -0.3 is 5.32 Å². The van der Waals surface area contributed by atoms with E-state index in [4.69, 9.17) is 23.2 Å². The van der Waals surface area contributed by atoms with E-state index in [-0.39, 0.29) is 15.6 Å². The van der Waals surface area contributed by atoms with Crippen molar-refractivity contribution in [2.75, 3.05) is 5.32 Å². The van der Waals surface area contributed by atoms with Crippen LogP contribution in [-0.2, 0) is 0 Å². The number of nitrogens with one attached hydrogen (secondary N) is 1. The molecule has 0 aliphatic heterocycles. The number of para-hydroxylation sites is 1. The normalized spacial score (nSPS) is 11.2. The molecule has 1 N–H and O–H groups in total. The largest absolute Gasteiger partial charge is 0.321 e. The number of thiophene rings is 1. The van der Waals surface area contributed by atoms with Crippen molar-refractivity contribution >= 4 is 83.5 Å². The van der Waals surface area contributed by atoms with E-state index in [0.29, 0.717) is 20.8 Å². The van der Waals surface area contributed by atoms with Crippen LogP contribution in [0.4, 0.5) is 11.4 Å². The molecule has 0 saturated heterocycles. The van der Waals surface area contributed by atoms with Gasteiger partial charge in [0.25, 0.3) is 11.6 Å². The minimum Gasteiger partial charge on any atom is -0.321 e. The number of halogens is 2. The number of non-ortho nitro benzene ring substituents is 1. The molecule has 0 spiro atoms. The first-order valence-corrected chi connectivity index (χ1v) is 11.6. The summed E-state index contributed by atoms with van der Waals surface area (Å²) in [4.78, 5) is 28.5. The Bertz CT molecular complexity index is 1510. The number of hydrogen-bond acceptors (Lipinski definition) is 6. The minimum atomic E-state index is -0.489. The third-order valence-electron chi connectivity index (χ3n) is 4.79. The zero-order chi connectivity index (χ0) is 22.4. The van der Waals surface area contributed by atoms with Gasteiger partial charge in [0.2, 0.25) is 0 Å². The van der Waals surface area contributed by atoms with Crippen molar-refractivity contribution < 1.29 is 9.72 Å². The zero-order valence-corrected chi connectivity index (χ0v) is 19.1. The second kappa shape index (κ2) is 8.14. The summed E-state index contributed by atoms with van der Waals surface area (Å²) in [5.41, 5.74) is 2.06. The molecule has 6 nitrogen and oxygen atoms in total. The van der Waals surface area contributed by atoms with Crippen molar-refractivity contribution in [3.8, 4) is 10.6 Å². The summed E-state index contributed by atoms with van der Waals surface area (Å²) in [7, 11) is 0. The molecule has 0 aliphatic rings. The molecule has 32 heavy (non-hydrogen) atoms. The number of thiazole rings is 1. The molecule has 1 amide bonds. The highest BCUT2D eigenvalue weighted by Crippen LogP contribution is 2.41. The molecule has 0 radical (unpaired) electrons. The maximum atomic E-state index is 12.9. The Morgan fingerprint density at radius 3 is 2.59 bits per heavy atom. The fourth-order valence-electron chi connectivity index (χ4n) is 3.31. The van der Waals surface area contributed by atoms with Gasteiger partial charge in [-0.05, 0) is 30.3 Å². The summed E-state index contributed by atoms with van der Waals surface area (Å²) in [6.45, 7) is 0. The first-order valence-electron chi connectivity index (χ1n) is 9.24. The smallest absolute Gasteiger partial charge is 0.287 e. The number of nitro groups is 1. The number of rotatable bonds is 4. The highest BCUT2D eigenvalue weighted by molar-refractivity contribution is 7.22. The van der Waals surface area contributed by atoms with Gasteiger partial charge in [-0.1, -0.05) is 47.5 Å². The second-order valence-corrected chi connectivity index (χ2v) is 9.63. The molecular formula is C22H11Cl2N3O3S2. The number of aromatic nitrogens is 1. The fourth-order valence-corrected chi connectivity index (χ4v) is 6.13. The van der Waals surface area contributed by atoms with Crippen LogP contribution >= 0.6 is 45.9 Å². The van der Waals surface area contributed by atoms with E-state index < -0.39 is 10.8 Å². The number of benzene rings is 3. The van der Waals surface area contributed by atoms with Gasteiger partial charge in [-0.2, -0.15) is 0 Å². The Morgan fingerprint density at radius 1 is 1.03 bits per heavy atom. The molecule has 5 aromatic rings. The maximum Gasteiger partial charge on any atom is 0.287 e. The molecular weight excluding hydrogens is 489 g/mol. The molecule has 0 aliphatic carbocycles. The first-order chi connectivity index (χ1) is 15.4. The van der Waals surface area contributed by atoms with Crippen LogP contribution in [0, 0.1) is 10.1 Å². The van der Waals surface area contributed by atoms with E-state index in [1.165, 1.54) is 17.4 Å². The molecule has 5 rings (SSSR count). The molecule has 10 heteroatoms. The summed E-state index contributed by atoms with van der Waals surface area (Å²) in [6, 6.07) is 17.6. The van der Waals surface area contributed by atoms with E-state index in [1.807, 2.05) is 24.3 Å². The summed E-state index contributed by atoms with van der Waals surface area (Å²) in [5, 5.41) is 15.9. The quantitative estimate of drug-likeness (QED) is 0.203. The Kier molecular flexibility index (Phi) is 5.30. The van der Waals surface area contributed by atoms with E-state index >= 15 is 0 Å². The Hall–Kier alpha value is -3.04. The number of nitro benzene ring substituents is 1. The predicted octanol–water partition coefficient (Wildman–Crippen LogP) is 7.65. The molecule has 2 aromatic heterocycles. The fraction of sp³-hybridized carbons (Fsp3) is 0. The van der Waals surface area contributed by atoms with Crippen molar-refractivity contribution in [3.05, 3.63) is 85.7 Å². The van der Waals surface area contributed by atoms with E-state index in [9.17, 15) is 14.9 Å². The van der Waals surface area contributed by atoms with Crippen LogP contribution in [0.1, 0.15) is 9.67 Å². The maximum absolute atomic E-state index is 12.9. The van der Waals surface area contributed by atoms with Gasteiger partial charge in [-0.15, -0.1) is 22.7 Å². The summed E-state index contributed by atoms with van der Waals surface area (Å²) >= 11 is 15.4. The standard InChI is InChI=1S/C22H11Cl2N3O3S2/c23-14-10-11(8-9-12(14)22-26-15-5-1-2-7-17(15)31-22)25-21(28)20-18(24)13-4-3-6-16(27(29)30)19(13)32-20/h1-10H,(H,25,28). The molecule has 158 valence electrons. The summed E-state index contributed by atoms with van der Waals surface area (Å²) in [5.74, 6) is -0.464. The predicted molar refractivity (Wildman–Crippen MR) is 132 cm³/mol. The number of amides is 1. The number of carbonyl (C=O) groups excluding carboxylic acids is 1. The van der Waals surface area contributed by atoms with E-state index in [2.05, 4.69) is 10.3 Å². The molecule has 0 atom stereocenters. The van der Waals surface area contributed by atoms with Crippen LogP contribution in [0.5, 0.6) is 0 Å². The van der Waals surface area contributed by atoms with Gasteiger partial charge in [0.15, 0.2) is 0 Å². The number of nitrogens with zero attached hydrogens (tertiary/aromatic N) is 2. The highest BCUT2D eigenvalue weighted by atomic mass is 35.5. The van der Waals surface area contributed by atoms with Crippen LogP contribution in [0.3, 0.4) is 0 Å². The molecule has 3 aromatic carbocycles. The van der Waals surface area contributed by atoms with Gasteiger partial charge in [-0.25, -0.2) is 4.98 Å². The lowest BCUT2D eigenvalue weighted by atomic mass is 10.2. The van der Waals surface area contributed by atoms with Gasteiger partial charge in [0.05, 0.1) is 25.2 Å². The number of anilines is 1. The van der Waals surface area contributed by atoms with Crippen molar-refractivity contribution in [1.29, 1.82) is 0 Å². The number of carbonyl (C=O) groups is 1. The SMILES string of the molecule is O=C(Nc1ccc(-c2nc3ccccc3s2)c(Cl)c1)c1sc2c([N+](=O)[O-])cccc2c1Cl. The van der Waals surface area contributed by atoms with Crippen LogP contribution in [-0.4, -0.2) is 15.8 Å². The summed E-state index contributed by atoms with van der Waals surface area (Å²) < 4.78 is 1.42. The van der Waals surface area contributed by atoms with Gasteiger partial charge in [-0.3, -0.25) is 14.9 Å². The van der Waals surface area contributed by atoms with Crippen molar-refractivity contribution in [2.45, 2.75) is 0 Å². The molecule has 0 fully saturated rings. The Morgan fingerprint density at radius 2 is 1.84 bits per heavy atom. The topological polar surface area (TPSA) is 85.1 Å². The highest BCUT2D eigenvalue weighted by Gasteiger charge is 2.23. The number of hydrogen-bond donors (Lipinski definition) is 1. The molecule has 0 saturated carbocycles. The first kappa shape index (κ1) is 20.8. The molecule has 0 bridgehead atoms. The van der Waals surface area contributed by atoms with Crippen molar-refractivity contribution in [1.82, 2.24) is 4.98 Å². The lowest BCUT2D eigenvalue weighted by molar-refractivity contribution is -0.382. The Labute approximate surface area is 199 Å². The van der Waals surface area contributed by atoms with Crippen LogP contribution < -0.4 is 5.32 Å². The average Bonchev–Trinajstić information content (AvgIpc) is 3.35. The van der Waals surface area contributed by atoms with Crippen LogP contribution in [0.25, 0.3) is 30.9 Å². The Balaban J connectivity index is 1.45. The second-order valence-electron chi connectivity index (χ2n) is 6.79. The third-order valence-corrected chi connectivity index (χ3v) is 7.90. The molecule has 2 heterocycles. The van der Waals surface area contributed by atoms with E-state index in [0.717, 1.165) is 32.1 Å². The zero-order valence-electron chi connectivity index (χ0n) is 16.0. The minimum absolute atomic E-state index is 0.0864. The average molecular weight is 500 g/mol. The van der Waals surface area contributed by atoms with Crippen LogP contribution in [0.2, 0.25) is 10.0 Å². The third kappa shape index (κ3) is 3.61. The number of fused-ring (bicyclic) bond motifs is 2. The monoisotopic (exact) mass is 499 g/mol. The van der Waals surface area contributed by atoms with Crippen molar-refractivity contribution in [2.24, 2.45) is 0 Å².